The predicted octanol–water partition coefficient (Wildman–Crippen LogP) is 34.5. The van der Waals surface area contributed by atoms with Crippen LogP contribution in [-0.4, -0.2) is 57.9 Å². The van der Waals surface area contributed by atoms with Gasteiger partial charge in [-0.05, 0) is 293 Å². The second-order valence-corrected chi connectivity index (χ2v) is 35.9. The van der Waals surface area contributed by atoms with Gasteiger partial charge in [0.2, 0.25) is 0 Å². The Bertz CT molecular complexity index is 2260. The number of ether oxygens (including phenoxy) is 5. The second kappa shape index (κ2) is 61.6. The van der Waals surface area contributed by atoms with Gasteiger partial charge in [0, 0.05) is 5.41 Å². The molecule has 682 valence electrons. The molecule has 0 aromatic carbocycles. The van der Waals surface area contributed by atoms with Crippen LogP contribution < -0.4 is 0 Å². The minimum absolute atomic E-state index is 0. The van der Waals surface area contributed by atoms with E-state index in [-0.39, 0.29) is 177 Å². The van der Waals surface area contributed by atoms with E-state index in [9.17, 15) is 24.0 Å². The Morgan fingerprint density at radius 3 is 0.901 bits per heavy atom. The molecule has 8 aliphatic rings. The summed E-state index contributed by atoms with van der Waals surface area (Å²) in [5.74, 6) is 3.71. The molecular weight excluding hydrogens is 1370 g/mol. The highest BCUT2D eigenvalue weighted by molar-refractivity contribution is 5.78. The molecule has 8 rings (SSSR count). The fourth-order valence-electron chi connectivity index (χ4n) is 16.2. The molecule has 0 aliphatic heterocycles. The van der Waals surface area contributed by atoms with Crippen LogP contribution in [0.25, 0.3) is 0 Å². The minimum Gasteiger partial charge on any atom is -0.459 e. The largest absolute Gasteiger partial charge is 0.459 e. The van der Waals surface area contributed by atoms with Crippen LogP contribution in [0.4, 0.5) is 0 Å². The maximum Gasteiger partial charge on any atom is 0.312 e. The van der Waals surface area contributed by atoms with Gasteiger partial charge in [-0.1, -0.05) is 277 Å². The maximum atomic E-state index is 12.8. The lowest BCUT2D eigenvalue weighted by molar-refractivity contribution is -0.187. The number of fused-ring (bicyclic) bond motifs is 4. The van der Waals surface area contributed by atoms with Crippen LogP contribution in [0.3, 0.4) is 0 Å². The first-order valence-corrected chi connectivity index (χ1v) is 42.6. The average molecular weight is 1590 g/mol. The van der Waals surface area contributed by atoms with Crippen LogP contribution in [0.15, 0.2) is 0 Å². The molecule has 0 saturated heterocycles. The first kappa shape index (κ1) is 137. The van der Waals surface area contributed by atoms with Crippen LogP contribution >= 0.6 is 0 Å². The monoisotopic (exact) mass is 1590 g/mol. The Morgan fingerprint density at radius 2 is 0.613 bits per heavy atom. The molecule has 0 heterocycles. The van der Waals surface area contributed by atoms with Gasteiger partial charge in [0.25, 0.3) is 0 Å². The van der Waals surface area contributed by atoms with Gasteiger partial charge in [-0.2, -0.15) is 0 Å². The van der Waals surface area contributed by atoms with E-state index in [1.807, 2.05) is 159 Å². The zero-order chi connectivity index (χ0) is 78.2. The summed E-state index contributed by atoms with van der Waals surface area (Å²) in [6, 6.07) is 0. The predicted molar refractivity (Wildman–Crippen MR) is 501 cm³/mol. The van der Waals surface area contributed by atoms with E-state index in [4.69, 9.17) is 23.7 Å². The number of hydrogen-bond donors (Lipinski definition) is 0. The summed E-state index contributed by atoms with van der Waals surface area (Å²) in [5.41, 5.74) is -2.55. The first-order chi connectivity index (χ1) is 46.5. The molecule has 6 unspecified atom stereocenters. The van der Waals surface area contributed by atoms with Gasteiger partial charge in [0.15, 0.2) is 0 Å². The molecule has 0 spiro atoms. The zero-order valence-electron chi connectivity index (χ0n) is 73.4. The SMILES string of the molecule is C.C.C.C.C.C.C.C.C.C.C.CC.CC.CC.CC.CC.CCC(C)(C)C(=O)OC(C)(C)C1CCCCC1.CCC(C)(C)C(=O)OC(C)(C1CCCCC1)C1CCCCC1.CCC(C)(C)C(=O)OC1(C)CC2CCC1(C)C2(C)C.CCC(C)(C)C(=O)OC1(C)CC2CCC1C2.CCC(C)(C)C(=O)OC1(C)CCCCCC1. The van der Waals surface area contributed by atoms with E-state index >= 15 is 0 Å². The normalized spacial score (nSPS) is 23.1. The zero-order valence-corrected chi connectivity index (χ0v) is 73.4. The molecule has 0 aromatic heterocycles. The van der Waals surface area contributed by atoms with Gasteiger partial charge < -0.3 is 23.7 Å². The Balaban J connectivity index is -0.0000000935. The molecule has 8 aliphatic carbocycles. The minimum atomic E-state index is -0.370. The molecule has 6 atom stereocenters. The van der Waals surface area contributed by atoms with Crippen LogP contribution in [0, 0.1) is 73.4 Å². The van der Waals surface area contributed by atoms with Crippen molar-refractivity contribution in [1.29, 1.82) is 0 Å². The summed E-state index contributed by atoms with van der Waals surface area (Å²) in [4.78, 5) is 61.5. The van der Waals surface area contributed by atoms with Crippen molar-refractivity contribution >= 4 is 29.8 Å². The van der Waals surface area contributed by atoms with Crippen LogP contribution in [0.2, 0.25) is 0 Å². The molecule has 0 N–H and O–H groups in total. The number of hydrogen-bond acceptors (Lipinski definition) is 10. The number of carbonyl (C=O) groups excluding carboxylic acids is 5. The quantitative estimate of drug-likeness (QED) is 0.0742. The Morgan fingerprint density at radius 1 is 0.315 bits per heavy atom. The second-order valence-electron chi connectivity index (χ2n) is 35.9. The third-order valence-electron chi connectivity index (χ3n) is 26.8. The van der Waals surface area contributed by atoms with E-state index in [1.54, 1.807) is 0 Å². The first-order valence-electron chi connectivity index (χ1n) is 42.6. The Hall–Kier alpha value is -2.65. The van der Waals surface area contributed by atoms with Gasteiger partial charge in [-0.25, -0.2) is 0 Å². The summed E-state index contributed by atoms with van der Waals surface area (Å²) < 4.78 is 29.8. The topological polar surface area (TPSA) is 132 Å². The van der Waals surface area contributed by atoms with E-state index in [2.05, 4.69) is 76.2 Å². The number of carbonyl (C=O) groups is 5. The van der Waals surface area contributed by atoms with Crippen molar-refractivity contribution in [3.63, 3.8) is 0 Å². The fourth-order valence-corrected chi connectivity index (χ4v) is 16.2. The van der Waals surface area contributed by atoms with Gasteiger partial charge >= 0.3 is 29.8 Å². The van der Waals surface area contributed by atoms with Crippen LogP contribution in [0.1, 0.15) is 529 Å². The Labute approximate surface area is 704 Å². The van der Waals surface area contributed by atoms with Crippen molar-refractivity contribution in [1.82, 2.24) is 0 Å². The van der Waals surface area contributed by atoms with Crippen molar-refractivity contribution in [2.75, 3.05) is 0 Å². The van der Waals surface area contributed by atoms with Crippen molar-refractivity contribution in [2.24, 2.45) is 73.4 Å². The molecule has 0 amide bonds. The molecule has 8 fully saturated rings. The average Bonchev–Trinajstić information content (AvgIpc) is 1.53. The van der Waals surface area contributed by atoms with Crippen LogP contribution in [-0.2, 0) is 47.7 Å². The molecule has 0 aromatic rings. The van der Waals surface area contributed by atoms with Crippen molar-refractivity contribution in [3.8, 4) is 0 Å². The molecule has 10 heteroatoms. The van der Waals surface area contributed by atoms with E-state index in [0.717, 1.165) is 63.7 Å². The van der Waals surface area contributed by atoms with E-state index in [0.29, 0.717) is 29.6 Å². The van der Waals surface area contributed by atoms with Gasteiger partial charge in [0.1, 0.15) is 28.0 Å². The van der Waals surface area contributed by atoms with Crippen molar-refractivity contribution < 1.29 is 47.7 Å². The molecular formula is C101H218O10. The lowest BCUT2D eigenvalue weighted by Crippen LogP contribution is -2.49. The third kappa shape index (κ3) is 38.7. The molecule has 4 bridgehead atoms. The summed E-state index contributed by atoms with van der Waals surface area (Å²) >= 11 is 0. The smallest absolute Gasteiger partial charge is 0.312 e. The van der Waals surface area contributed by atoms with E-state index in [1.165, 1.54) is 154 Å². The molecule has 111 heavy (non-hydrogen) atoms. The molecule has 10 nitrogen and oxygen atoms in total. The highest BCUT2D eigenvalue weighted by Crippen LogP contribution is 2.71. The highest BCUT2D eigenvalue weighted by atomic mass is 16.6. The van der Waals surface area contributed by atoms with E-state index < -0.39 is 0 Å². The third-order valence-corrected chi connectivity index (χ3v) is 26.8. The summed E-state index contributed by atoms with van der Waals surface area (Å²) in [6.45, 7) is 70.0. The van der Waals surface area contributed by atoms with Gasteiger partial charge in [-0.15, -0.1) is 0 Å². The van der Waals surface area contributed by atoms with Crippen LogP contribution in [0.5, 0.6) is 0 Å². The molecule has 0 radical (unpaired) electrons. The van der Waals surface area contributed by atoms with Crippen molar-refractivity contribution in [2.45, 2.75) is 557 Å². The standard InChI is InChI=1S/C20H36O2.C17H30O2.C15H28O2.C14H24O2.C14H26O2.5C2H6.11CH4/c1-5-19(2,3)18(21)22-20(4,16-12-8-6-9-13-16)17-14-10-7-11-15-17;1-8-14(2,3)13(18)19-17(7)11-12-9-10-16(17,6)15(12,4)5;1-6-14(2,3)13(16)17-15(4,5)12-10-8-7-9-11-12;1-5-13(2,3)12(15)16-14(4)9-10-6-7-11(14)8-10;1-5-13(2,3)12(15)16-14(4)10-8-6-7-9-11-14;5*1-2;;;;;;;;;;;/h16-17H,5-15H2,1-4H3;12H,8-11H2,1-7H3;12H,6-11H2,1-5H3;10-11H,5-9H2,1-4H3;5-11H2,1-4H3;5*1-2H3;11*1H4. The fraction of sp³-hybridized carbons (Fsp3) is 0.950. The van der Waals surface area contributed by atoms with Gasteiger partial charge in [0.05, 0.1) is 27.1 Å². The summed E-state index contributed by atoms with van der Waals surface area (Å²) in [6.07, 6.45) is 38.8. The maximum absolute atomic E-state index is 12.8. The highest BCUT2D eigenvalue weighted by Gasteiger charge is 2.69. The number of rotatable bonds is 18. The van der Waals surface area contributed by atoms with Gasteiger partial charge in [-0.3, -0.25) is 24.0 Å². The molecule has 8 saturated carbocycles. The summed E-state index contributed by atoms with van der Waals surface area (Å²) in [7, 11) is 0. The summed E-state index contributed by atoms with van der Waals surface area (Å²) in [5, 5.41) is 0. The lowest BCUT2D eigenvalue weighted by Gasteiger charge is -2.47. The van der Waals surface area contributed by atoms with Crippen molar-refractivity contribution in [3.05, 3.63) is 0 Å². The Kier molecular flexibility index (Phi) is 76.3. The lowest BCUT2D eigenvalue weighted by atomic mass is 9.65. The number of esters is 5.